The Morgan fingerprint density at radius 2 is 2.11 bits per heavy atom. The Kier molecular flexibility index (Phi) is 3.81. The van der Waals surface area contributed by atoms with Crippen molar-refractivity contribution in [3.8, 4) is 0 Å². The van der Waals surface area contributed by atoms with Crippen LogP contribution in [0.1, 0.15) is 44.1 Å². The molecule has 2 fully saturated rings. The summed E-state index contributed by atoms with van der Waals surface area (Å²) in [5.74, 6) is 0.537. The van der Waals surface area contributed by atoms with E-state index in [4.69, 9.17) is 11.6 Å². The standard InChI is InChI=1S/C16H21ClFN/c17-15-10-14(18)7-4-12(15)11-16(13-5-6-13)8-2-1-3-9-19-16/h4,7,10,13,19H,1-3,5-6,8-9,11H2. The maximum atomic E-state index is 13.2. The molecule has 0 radical (unpaired) electrons. The molecule has 19 heavy (non-hydrogen) atoms. The maximum Gasteiger partial charge on any atom is 0.124 e. The number of nitrogens with one attached hydrogen (secondary N) is 1. The summed E-state index contributed by atoms with van der Waals surface area (Å²) >= 11 is 6.21. The fourth-order valence-corrected chi connectivity index (χ4v) is 3.69. The summed E-state index contributed by atoms with van der Waals surface area (Å²) < 4.78 is 13.2. The predicted octanol–water partition coefficient (Wildman–Crippen LogP) is 4.33. The smallest absolute Gasteiger partial charge is 0.124 e. The first-order valence-electron chi connectivity index (χ1n) is 7.39. The fraction of sp³-hybridized carbons (Fsp3) is 0.625. The molecule has 1 aromatic carbocycles. The second-order valence-electron chi connectivity index (χ2n) is 6.08. The molecule has 1 saturated carbocycles. The minimum absolute atomic E-state index is 0.206. The second kappa shape index (κ2) is 5.41. The van der Waals surface area contributed by atoms with Crippen molar-refractivity contribution in [2.24, 2.45) is 5.92 Å². The molecule has 0 bridgehead atoms. The Balaban J connectivity index is 1.84. The van der Waals surface area contributed by atoms with E-state index in [0.29, 0.717) is 5.02 Å². The van der Waals surface area contributed by atoms with Crippen molar-refractivity contribution in [3.05, 3.63) is 34.6 Å². The molecule has 1 atom stereocenters. The summed E-state index contributed by atoms with van der Waals surface area (Å²) in [6.07, 6.45) is 8.70. The van der Waals surface area contributed by atoms with Crippen LogP contribution in [0.4, 0.5) is 4.39 Å². The third-order valence-corrected chi connectivity index (χ3v) is 5.01. The van der Waals surface area contributed by atoms with Crippen LogP contribution in [0.5, 0.6) is 0 Å². The van der Waals surface area contributed by atoms with E-state index in [0.717, 1.165) is 24.4 Å². The molecule has 1 heterocycles. The lowest BCUT2D eigenvalue weighted by Crippen LogP contribution is -2.48. The van der Waals surface area contributed by atoms with Crippen molar-refractivity contribution in [1.82, 2.24) is 5.32 Å². The van der Waals surface area contributed by atoms with E-state index >= 15 is 0 Å². The van der Waals surface area contributed by atoms with Gasteiger partial charge in [0, 0.05) is 10.6 Å². The molecule has 0 aromatic heterocycles. The summed E-state index contributed by atoms with van der Waals surface area (Å²) in [7, 11) is 0. The molecule has 1 N–H and O–H groups in total. The molecule has 1 saturated heterocycles. The second-order valence-corrected chi connectivity index (χ2v) is 6.49. The van der Waals surface area contributed by atoms with Crippen LogP contribution in [0.25, 0.3) is 0 Å². The Hall–Kier alpha value is -0.600. The van der Waals surface area contributed by atoms with E-state index in [1.165, 1.54) is 50.7 Å². The van der Waals surface area contributed by atoms with Crippen molar-refractivity contribution < 1.29 is 4.39 Å². The van der Waals surface area contributed by atoms with Crippen LogP contribution in [0.2, 0.25) is 5.02 Å². The zero-order chi connectivity index (χ0) is 13.3. The highest BCUT2D eigenvalue weighted by Crippen LogP contribution is 2.45. The highest BCUT2D eigenvalue weighted by Gasteiger charge is 2.44. The largest absolute Gasteiger partial charge is 0.311 e. The summed E-state index contributed by atoms with van der Waals surface area (Å²) in [6.45, 7) is 1.11. The molecule has 1 aliphatic carbocycles. The van der Waals surface area contributed by atoms with Gasteiger partial charge in [0.25, 0.3) is 0 Å². The Labute approximate surface area is 119 Å². The van der Waals surface area contributed by atoms with Gasteiger partial charge in [-0.3, -0.25) is 0 Å². The van der Waals surface area contributed by atoms with E-state index in [1.54, 1.807) is 0 Å². The Morgan fingerprint density at radius 1 is 1.26 bits per heavy atom. The van der Waals surface area contributed by atoms with Crippen molar-refractivity contribution in [2.45, 2.75) is 50.5 Å². The van der Waals surface area contributed by atoms with Crippen molar-refractivity contribution in [2.75, 3.05) is 6.54 Å². The number of benzene rings is 1. The van der Waals surface area contributed by atoms with E-state index in [9.17, 15) is 4.39 Å². The van der Waals surface area contributed by atoms with E-state index in [1.807, 2.05) is 6.07 Å². The molecule has 3 heteroatoms. The van der Waals surface area contributed by atoms with Gasteiger partial charge in [0.15, 0.2) is 0 Å². The first-order chi connectivity index (χ1) is 9.20. The molecule has 0 spiro atoms. The van der Waals surface area contributed by atoms with E-state index in [2.05, 4.69) is 5.32 Å². The van der Waals surface area contributed by atoms with Gasteiger partial charge < -0.3 is 5.32 Å². The highest BCUT2D eigenvalue weighted by atomic mass is 35.5. The average molecular weight is 282 g/mol. The van der Waals surface area contributed by atoms with Gasteiger partial charge in [-0.25, -0.2) is 4.39 Å². The molecule has 104 valence electrons. The minimum Gasteiger partial charge on any atom is -0.311 e. The number of hydrogen-bond acceptors (Lipinski definition) is 1. The minimum atomic E-state index is -0.247. The van der Waals surface area contributed by atoms with Crippen LogP contribution < -0.4 is 5.32 Å². The van der Waals surface area contributed by atoms with Gasteiger partial charge in [0.05, 0.1) is 0 Å². The molecule has 0 amide bonds. The van der Waals surface area contributed by atoms with Crippen molar-refractivity contribution >= 4 is 11.6 Å². The van der Waals surface area contributed by atoms with E-state index in [-0.39, 0.29) is 11.4 Å². The molecule has 1 unspecified atom stereocenters. The van der Waals surface area contributed by atoms with Gasteiger partial charge in [0.2, 0.25) is 0 Å². The number of rotatable bonds is 3. The third kappa shape index (κ3) is 2.95. The predicted molar refractivity (Wildman–Crippen MR) is 77.0 cm³/mol. The number of hydrogen-bond donors (Lipinski definition) is 1. The van der Waals surface area contributed by atoms with Crippen molar-refractivity contribution in [3.63, 3.8) is 0 Å². The van der Waals surface area contributed by atoms with Crippen LogP contribution in [-0.2, 0) is 6.42 Å². The monoisotopic (exact) mass is 281 g/mol. The molecule has 1 nitrogen and oxygen atoms in total. The lowest BCUT2D eigenvalue weighted by Gasteiger charge is -2.35. The molecule has 1 aromatic rings. The summed E-state index contributed by atoms with van der Waals surface area (Å²) in [5, 5.41) is 4.37. The fourth-order valence-electron chi connectivity index (χ4n) is 3.45. The molecule has 3 rings (SSSR count). The van der Waals surface area contributed by atoms with Crippen LogP contribution >= 0.6 is 11.6 Å². The lowest BCUT2D eigenvalue weighted by molar-refractivity contribution is 0.271. The average Bonchev–Trinajstić information content (AvgIpc) is 3.19. The quantitative estimate of drug-likeness (QED) is 0.869. The van der Waals surface area contributed by atoms with Gasteiger partial charge in [0.1, 0.15) is 5.82 Å². The lowest BCUT2D eigenvalue weighted by atomic mass is 9.82. The molecular weight excluding hydrogens is 261 g/mol. The van der Waals surface area contributed by atoms with Gasteiger partial charge in [-0.15, -0.1) is 0 Å². The molecular formula is C16H21ClFN. The van der Waals surface area contributed by atoms with Gasteiger partial charge >= 0.3 is 0 Å². The van der Waals surface area contributed by atoms with Gasteiger partial charge in [-0.2, -0.15) is 0 Å². The summed E-state index contributed by atoms with van der Waals surface area (Å²) in [4.78, 5) is 0. The Morgan fingerprint density at radius 3 is 2.84 bits per heavy atom. The Bertz CT molecular complexity index is 448. The van der Waals surface area contributed by atoms with Gasteiger partial charge in [-0.05, 0) is 62.3 Å². The van der Waals surface area contributed by atoms with Crippen LogP contribution in [0, 0.1) is 11.7 Å². The van der Waals surface area contributed by atoms with Gasteiger partial charge in [-0.1, -0.05) is 30.5 Å². The highest BCUT2D eigenvalue weighted by molar-refractivity contribution is 6.31. The van der Waals surface area contributed by atoms with Crippen LogP contribution in [-0.4, -0.2) is 12.1 Å². The number of halogens is 2. The third-order valence-electron chi connectivity index (χ3n) is 4.66. The summed E-state index contributed by atoms with van der Waals surface area (Å²) in [6, 6.07) is 4.82. The summed E-state index contributed by atoms with van der Waals surface area (Å²) in [5.41, 5.74) is 1.29. The van der Waals surface area contributed by atoms with Crippen molar-refractivity contribution in [1.29, 1.82) is 0 Å². The van der Waals surface area contributed by atoms with E-state index < -0.39 is 0 Å². The zero-order valence-electron chi connectivity index (χ0n) is 11.2. The maximum absolute atomic E-state index is 13.2. The first-order valence-corrected chi connectivity index (χ1v) is 7.76. The SMILES string of the molecule is Fc1ccc(CC2(C3CC3)CCCCCN2)c(Cl)c1. The first kappa shape index (κ1) is 13.4. The van der Waals surface area contributed by atoms with Crippen LogP contribution in [0.15, 0.2) is 18.2 Å². The topological polar surface area (TPSA) is 12.0 Å². The normalized spacial score (nSPS) is 28.1. The molecule has 2 aliphatic rings. The molecule has 1 aliphatic heterocycles. The van der Waals surface area contributed by atoms with Crippen LogP contribution in [0.3, 0.4) is 0 Å². The zero-order valence-corrected chi connectivity index (χ0v) is 12.0.